The molecule has 0 aliphatic carbocycles. The van der Waals surface area contributed by atoms with Gasteiger partial charge in [0.2, 0.25) is 10.9 Å². The number of imidazole rings is 1. The minimum atomic E-state index is -0.131. The number of amides is 1. The number of fused-ring (bicyclic) bond motifs is 1. The molecule has 0 spiro atoms. The largest absolute Gasteiger partial charge is 0.390 e. The monoisotopic (exact) mass is 316 g/mol. The lowest BCUT2D eigenvalue weighted by Crippen LogP contribution is -2.09. The molecule has 0 unspecified atom stereocenters. The fraction of sp³-hybridized carbons (Fsp3) is 0.267. The molecule has 0 saturated heterocycles. The number of aromatic nitrogens is 3. The van der Waals surface area contributed by atoms with E-state index in [9.17, 15) is 9.90 Å². The molecule has 0 radical (unpaired) electrons. The Balaban J connectivity index is 1.96. The van der Waals surface area contributed by atoms with Crippen LogP contribution in [0.1, 0.15) is 24.0 Å². The normalized spacial score (nSPS) is 11.0. The predicted molar refractivity (Wildman–Crippen MR) is 85.9 cm³/mol. The molecule has 3 aromatic rings. The van der Waals surface area contributed by atoms with Crippen molar-refractivity contribution in [2.75, 3.05) is 5.32 Å². The topological polar surface area (TPSA) is 79.5 Å². The average molecular weight is 316 g/mol. The first kappa shape index (κ1) is 14.7. The van der Waals surface area contributed by atoms with Crippen LogP contribution in [0, 0.1) is 6.92 Å². The molecule has 0 atom stereocenters. The lowest BCUT2D eigenvalue weighted by atomic mass is 10.1. The van der Waals surface area contributed by atoms with Crippen molar-refractivity contribution in [2.45, 2.75) is 26.9 Å². The molecule has 1 amide bonds. The summed E-state index contributed by atoms with van der Waals surface area (Å²) in [7, 11) is 0. The number of hydrogen-bond acceptors (Lipinski definition) is 5. The van der Waals surface area contributed by atoms with E-state index >= 15 is 0 Å². The summed E-state index contributed by atoms with van der Waals surface area (Å²) in [5.41, 5.74) is 3.02. The van der Waals surface area contributed by atoms with Crippen molar-refractivity contribution in [3.05, 3.63) is 35.0 Å². The van der Waals surface area contributed by atoms with Crippen LogP contribution in [-0.4, -0.2) is 25.6 Å². The number of carbonyl (C=O) groups excluding carboxylic acids is 1. The smallest absolute Gasteiger partial charge is 0.224 e. The Kier molecular flexibility index (Phi) is 3.91. The van der Waals surface area contributed by atoms with Crippen LogP contribution in [0.15, 0.2) is 24.3 Å². The SMILES string of the molecule is CCC(=O)Nc1ccc(-c2nc3sc(C)nn3c2CO)cc1. The molecule has 0 bridgehead atoms. The Labute approximate surface area is 131 Å². The summed E-state index contributed by atoms with van der Waals surface area (Å²) >= 11 is 1.48. The van der Waals surface area contributed by atoms with Gasteiger partial charge in [0.15, 0.2) is 0 Å². The number of rotatable bonds is 4. The van der Waals surface area contributed by atoms with Crippen molar-refractivity contribution in [1.82, 2.24) is 14.6 Å². The van der Waals surface area contributed by atoms with Crippen LogP contribution in [-0.2, 0) is 11.4 Å². The lowest BCUT2D eigenvalue weighted by molar-refractivity contribution is -0.115. The van der Waals surface area contributed by atoms with Crippen LogP contribution in [0.2, 0.25) is 0 Å². The van der Waals surface area contributed by atoms with E-state index in [1.165, 1.54) is 11.3 Å². The molecule has 2 N–H and O–H groups in total. The zero-order valence-electron chi connectivity index (χ0n) is 12.3. The second kappa shape index (κ2) is 5.86. The van der Waals surface area contributed by atoms with E-state index in [1.54, 1.807) is 4.52 Å². The van der Waals surface area contributed by atoms with Crippen LogP contribution < -0.4 is 5.32 Å². The molecule has 7 heteroatoms. The van der Waals surface area contributed by atoms with E-state index in [-0.39, 0.29) is 12.5 Å². The Hall–Kier alpha value is -2.25. The first-order valence-corrected chi connectivity index (χ1v) is 7.80. The Morgan fingerprint density at radius 3 is 2.73 bits per heavy atom. The molecule has 0 saturated carbocycles. The number of aryl methyl sites for hydroxylation is 1. The summed E-state index contributed by atoms with van der Waals surface area (Å²) in [5, 5.41) is 17.7. The van der Waals surface area contributed by atoms with Gasteiger partial charge in [-0.1, -0.05) is 30.4 Å². The van der Waals surface area contributed by atoms with Gasteiger partial charge >= 0.3 is 0 Å². The van der Waals surface area contributed by atoms with Gasteiger partial charge in [0.1, 0.15) is 5.01 Å². The van der Waals surface area contributed by atoms with Crippen molar-refractivity contribution >= 4 is 27.9 Å². The minimum Gasteiger partial charge on any atom is -0.390 e. The predicted octanol–water partition coefficient (Wildman–Crippen LogP) is 2.61. The first-order chi connectivity index (χ1) is 10.6. The summed E-state index contributed by atoms with van der Waals surface area (Å²) in [6.07, 6.45) is 0.443. The van der Waals surface area contributed by atoms with E-state index < -0.39 is 0 Å². The van der Waals surface area contributed by atoms with Crippen LogP contribution >= 0.6 is 11.3 Å². The number of aliphatic hydroxyl groups excluding tert-OH is 1. The van der Waals surface area contributed by atoms with Gasteiger partial charge in [-0.2, -0.15) is 5.10 Å². The molecule has 0 aliphatic rings. The van der Waals surface area contributed by atoms with Crippen molar-refractivity contribution in [3.8, 4) is 11.3 Å². The summed E-state index contributed by atoms with van der Waals surface area (Å²) in [5.74, 6) is -0.0222. The molecule has 1 aromatic carbocycles. The van der Waals surface area contributed by atoms with E-state index in [0.717, 1.165) is 26.9 Å². The quantitative estimate of drug-likeness (QED) is 0.775. The maximum Gasteiger partial charge on any atom is 0.224 e. The lowest BCUT2D eigenvalue weighted by Gasteiger charge is -2.05. The molecule has 3 rings (SSSR count). The zero-order chi connectivity index (χ0) is 15.7. The zero-order valence-corrected chi connectivity index (χ0v) is 13.1. The maximum absolute atomic E-state index is 11.4. The highest BCUT2D eigenvalue weighted by Gasteiger charge is 2.16. The van der Waals surface area contributed by atoms with Crippen molar-refractivity contribution < 1.29 is 9.90 Å². The third-order valence-electron chi connectivity index (χ3n) is 3.31. The van der Waals surface area contributed by atoms with Crippen LogP contribution in [0.5, 0.6) is 0 Å². The number of anilines is 1. The highest BCUT2D eigenvalue weighted by Crippen LogP contribution is 2.27. The molecule has 114 valence electrons. The molecule has 22 heavy (non-hydrogen) atoms. The van der Waals surface area contributed by atoms with Gasteiger partial charge in [0.25, 0.3) is 0 Å². The third-order valence-corrected chi connectivity index (χ3v) is 4.13. The molecule has 0 aliphatic heterocycles. The number of hydrogen-bond donors (Lipinski definition) is 2. The summed E-state index contributed by atoms with van der Waals surface area (Å²) in [6.45, 7) is 3.59. The van der Waals surface area contributed by atoms with E-state index in [0.29, 0.717) is 12.1 Å². The van der Waals surface area contributed by atoms with Crippen molar-refractivity contribution in [2.24, 2.45) is 0 Å². The van der Waals surface area contributed by atoms with Crippen LogP contribution in [0.3, 0.4) is 0 Å². The first-order valence-electron chi connectivity index (χ1n) is 6.98. The fourth-order valence-electron chi connectivity index (χ4n) is 2.22. The fourth-order valence-corrected chi connectivity index (χ4v) is 2.98. The highest BCUT2D eigenvalue weighted by atomic mass is 32.1. The summed E-state index contributed by atoms with van der Waals surface area (Å²) < 4.78 is 1.68. The number of benzene rings is 1. The van der Waals surface area contributed by atoms with E-state index in [4.69, 9.17) is 0 Å². The molecular formula is C15H16N4O2S. The van der Waals surface area contributed by atoms with Crippen molar-refractivity contribution in [1.29, 1.82) is 0 Å². The average Bonchev–Trinajstić information content (AvgIpc) is 3.03. The Morgan fingerprint density at radius 2 is 2.09 bits per heavy atom. The third kappa shape index (κ3) is 2.60. The van der Waals surface area contributed by atoms with Gasteiger partial charge in [-0.15, -0.1) is 0 Å². The van der Waals surface area contributed by atoms with Gasteiger partial charge in [-0.3, -0.25) is 4.79 Å². The Morgan fingerprint density at radius 1 is 1.36 bits per heavy atom. The van der Waals surface area contributed by atoms with Gasteiger partial charge < -0.3 is 10.4 Å². The van der Waals surface area contributed by atoms with Crippen LogP contribution in [0.25, 0.3) is 16.2 Å². The second-order valence-electron chi connectivity index (χ2n) is 4.86. The Bertz CT molecular complexity index is 820. The van der Waals surface area contributed by atoms with Gasteiger partial charge in [-0.25, -0.2) is 9.50 Å². The van der Waals surface area contributed by atoms with Gasteiger partial charge in [0.05, 0.1) is 18.0 Å². The summed E-state index contributed by atoms with van der Waals surface area (Å²) in [6, 6.07) is 7.42. The van der Waals surface area contributed by atoms with E-state index in [2.05, 4.69) is 15.4 Å². The van der Waals surface area contributed by atoms with Crippen molar-refractivity contribution in [3.63, 3.8) is 0 Å². The van der Waals surface area contributed by atoms with E-state index in [1.807, 2.05) is 38.1 Å². The standard InChI is InChI=1S/C15H16N4O2S/c1-3-13(21)16-11-6-4-10(5-7-11)14-12(8-20)19-15(17-14)22-9(2)18-19/h4-7,20H,3,8H2,1-2H3,(H,16,21). The molecule has 2 aromatic heterocycles. The molecule has 2 heterocycles. The molecule has 6 nitrogen and oxygen atoms in total. The minimum absolute atomic E-state index is 0.0222. The van der Waals surface area contributed by atoms with Gasteiger partial charge in [0, 0.05) is 17.7 Å². The summed E-state index contributed by atoms with van der Waals surface area (Å²) in [4.78, 5) is 16.7. The molecule has 0 fully saturated rings. The number of aliphatic hydroxyl groups is 1. The highest BCUT2D eigenvalue weighted by molar-refractivity contribution is 7.16. The maximum atomic E-state index is 11.4. The number of nitrogens with one attached hydrogen (secondary N) is 1. The number of nitrogens with zero attached hydrogens (tertiary/aromatic N) is 3. The van der Waals surface area contributed by atoms with Gasteiger partial charge in [-0.05, 0) is 19.1 Å². The van der Waals surface area contributed by atoms with Crippen LogP contribution in [0.4, 0.5) is 5.69 Å². The molecular weight excluding hydrogens is 300 g/mol. The number of carbonyl (C=O) groups is 1. The second-order valence-corrected chi connectivity index (χ2v) is 6.02.